The zero-order valence-corrected chi connectivity index (χ0v) is 15.4. The molecule has 1 heterocycles. The second-order valence-corrected chi connectivity index (χ2v) is 7.80. The molecule has 0 aliphatic rings. The number of nitrogens with zero attached hydrogens (tertiary/aromatic N) is 2. The lowest BCUT2D eigenvalue weighted by atomic mass is 10.1. The zero-order chi connectivity index (χ0) is 18.0. The van der Waals surface area contributed by atoms with Gasteiger partial charge >= 0.3 is 0 Å². The number of benzene rings is 2. The molecule has 0 saturated heterocycles. The molecule has 0 aliphatic carbocycles. The first kappa shape index (κ1) is 17.9. The largest absolute Gasteiger partial charge is 0.419 e. The van der Waals surface area contributed by atoms with E-state index in [1.807, 2.05) is 31.2 Å². The predicted octanol–water partition coefficient (Wildman–Crippen LogP) is 3.83. The van der Waals surface area contributed by atoms with Crippen LogP contribution in [0.3, 0.4) is 0 Å². The highest BCUT2D eigenvalue weighted by Crippen LogP contribution is 2.25. The first-order chi connectivity index (χ1) is 11.9. The fraction of sp³-hybridized carbons (Fsp3) is 0.125. The summed E-state index contributed by atoms with van der Waals surface area (Å²) in [4.78, 5) is 0.000502. The molecule has 1 aromatic heterocycles. The summed E-state index contributed by atoms with van der Waals surface area (Å²) >= 11 is 11.7. The summed E-state index contributed by atoms with van der Waals surface area (Å²) in [5.41, 5.74) is 1.78. The minimum atomic E-state index is -3.78. The van der Waals surface area contributed by atoms with Crippen molar-refractivity contribution in [2.75, 3.05) is 0 Å². The SMILES string of the molecule is Cc1ccccc1-c1nnc(CNS(=O)(=O)c2ccc(Cl)c(Cl)c2)o1. The Hall–Kier alpha value is -1.93. The van der Waals surface area contributed by atoms with Crippen LogP contribution in [0.1, 0.15) is 11.5 Å². The second kappa shape index (κ2) is 7.13. The number of nitrogens with one attached hydrogen (secondary N) is 1. The molecule has 0 aliphatic heterocycles. The molecule has 1 N–H and O–H groups in total. The maximum Gasteiger partial charge on any atom is 0.248 e. The minimum Gasteiger partial charge on any atom is -0.419 e. The molecule has 0 radical (unpaired) electrons. The van der Waals surface area contributed by atoms with Gasteiger partial charge in [-0.05, 0) is 36.8 Å². The van der Waals surface area contributed by atoms with Gasteiger partial charge in [-0.25, -0.2) is 13.1 Å². The lowest BCUT2D eigenvalue weighted by Gasteiger charge is -2.05. The predicted molar refractivity (Wildman–Crippen MR) is 95.0 cm³/mol. The summed E-state index contributed by atoms with van der Waals surface area (Å²) in [6.07, 6.45) is 0. The number of aromatic nitrogens is 2. The topological polar surface area (TPSA) is 85.1 Å². The molecule has 0 bridgehead atoms. The molecule has 25 heavy (non-hydrogen) atoms. The molecule has 130 valence electrons. The van der Waals surface area contributed by atoms with Gasteiger partial charge in [-0.1, -0.05) is 41.4 Å². The van der Waals surface area contributed by atoms with Crippen LogP contribution in [0.2, 0.25) is 10.0 Å². The summed E-state index contributed by atoms with van der Waals surface area (Å²) in [6, 6.07) is 11.6. The Kier molecular flexibility index (Phi) is 5.10. The van der Waals surface area contributed by atoms with Crippen molar-refractivity contribution in [1.82, 2.24) is 14.9 Å². The monoisotopic (exact) mass is 397 g/mol. The molecule has 0 atom stereocenters. The molecule has 3 rings (SSSR count). The van der Waals surface area contributed by atoms with Crippen molar-refractivity contribution in [2.45, 2.75) is 18.4 Å². The van der Waals surface area contributed by atoms with Crippen molar-refractivity contribution in [3.8, 4) is 11.5 Å². The van der Waals surface area contributed by atoms with Crippen LogP contribution in [0.4, 0.5) is 0 Å². The van der Waals surface area contributed by atoms with Crippen molar-refractivity contribution in [3.05, 3.63) is 64.0 Å². The van der Waals surface area contributed by atoms with Gasteiger partial charge in [0.15, 0.2) is 0 Å². The third-order valence-electron chi connectivity index (χ3n) is 3.46. The molecule has 3 aromatic rings. The average molecular weight is 398 g/mol. The molecule has 6 nitrogen and oxygen atoms in total. The van der Waals surface area contributed by atoms with E-state index in [4.69, 9.17) is 27.6 Å². The van der Waals surface area contributed by atoms with Crippen LogP contribution < -0.4 is 4.72 Å². The highest BCUT2D eigenvalue weighted by molar-refractivity contribution is 7.89. The standard InChI is InChI=1S/C16H13Cl2N3O3S/c1-10-4-2-3-5-12(10)16-21-20-15(24-16)9-19-25(22,23)11-6-7-13(17)14(18)8-11/h2-8,19H,9H2,1H3. The second-order valence-electron chi connectivity index (χ2n) is 5.22. The van der Waals surface area contributed by atoms with Gasteiger partial charge in [-0.15, -0.1) is 10.2 Å². The quantitative estimate of drug-likeness (QED) is 0.706. The summed E-state index contributed by atoms with van der Waals surface area (Å²) in [5, 5.41) is 8.26. The first-order valence-electron chi connectivity index (χ1n) is 7.20. The number of halogens is 2. The smallest absolute Gasteiger partial charge is 0.248 e. The van der Waals surface area contributed by atoms with Gasteiger partial charge in [0.25, 0.3) is 0 Å². The fourth-order valence-corrected chi connectivity index (χ4v) is 3.49. The van der Waals surface area contributed by atoms with E-state index in [0.717, 1.165) is 11.1 Å². The van der Waals surface area contributed by atoms with Gasteiger partial charge in [0.1, 0.15) is 0 Å². The number of rotatable bonds is 5. The average Bonchev–Trinajstić information content (AvgIpc) is 3.05. The molecular weight excluding hydrogens is 385 g/mol. The molecule has 0 amide bonds. The van der Waals surface area contributed by atoms with E-state index in [1.54, 1.807) is 0 Å². The molecule has 0 saturated carbocycles. The highest BCUT2D eigenvalue weighted by atomic mass is 35.5. The van der Waals surface area contributed by atoms with E-state index < -0.39 is 10.0 Å². The summed E-state index contributed by atoms with van der Waals surface area (Å²) in [5.74, 6) is 0.490. The Morgan fingerprint density at radius 3 is 2.56 bits per heavy atom. The van der Waals surface area contributed by atoms with Crippen molar-refractivity contribution in [1.29, 1.82) is 0 Å². The minimum absolute atomic E-state index is 0.000502. The highest BCUT2D eigenvalue weighted by Gasteiger charge is 2.17. The molecule has 9 heteroatoms. The normalized spacial score (nSPS) is 11.6. The fourth-order valence-electron chi connectivity index (χ4n) is 2.13. The van der Waals surface area contributed by atoms with Crippen LogP contribution in [0.5, 0.6) is 0 Å². The lowest BCUT2D eigenvalue weighted by molar-refractivity contribution is 0.494. The Bertz CT molecular complexity index is 1020. The van der Waals surface area contributed by atoms with Crippen LogP contribution in [0.25, 0.3) is 11.5 Å². The van der Waals surface area contributed by atoms with E-state index in [1.165, 1.54) is 18.2 Å². The number of hydrogen-bond donors (Lipinski definition) is 1. The maximum absolute atomic E-state index is 12.3. The third-order valence-corrected chi connectivity index (χ3v) is 5.60. The Balaban J connectivity index is 1.75. The third kappa shape index (κ3) is 4.01. The van der Waals surface area contributed by atoms with Crippen molar-refractivity contribution < 1.29 is 12.8 Å². The van der Waals surface area contributed by atoms with Crippen molar-refractivity contribution >= 4 is 33.2 Å². The number of sulfonamides is 1. The van der Waals surface area contributed by atoms with Crippen molar-refractivity contribution in [2.24, 2.45) is 0 Å². The lowest BCUT2D eigenvalue weighted by Crippen LogP contribution is -2.23. The van der Waals surface area contributed by atoms with Gasteiger partial charge in [0.2, 0.25) is 21.8 Å². The van der Waals surface area contributed by atoms with E-state index >= 15 is 0 Å². The number of aryl methyl sites for hydroxylation is 1. The van der Waals surface area contributed by atoms with Crippen LogP contribution in [-0.2, 0) is 16.6 Å². The summed E-state index contributed by atoms with van der Waals surface area (Å²) in [7, 11) is -3.78. The zero-order valence-electron chi connectivity index (χ0n) is 13.0. The van der Waals surface area contributed by atoms with Gasteiger partial charge in [-0.3, -0.25) is 0 Å². The molecule has 0 fully saturated rings. The van der Waals surface area contributed by atoms with Crippen LogP contribution >= 0.6 is 23.2 Å². The summed E-state index contributed by atoms with van der Waals surface area (Å²) in [6.45, 7) is 1.79. The van der Waals surface area contributed by atoms with E-state index in [9.17, 15) is 8.42 Å². The maximum atomic E-state index is 12.3. The van der Waals surface area contributed by atoms with E-state index in [0.29, 0.717) is 5.89 Å². The molecular formula is C16H13Cl2N3O3S. The van der Waals surface area contributed by atoms with Gasteiger partial charge in [0, 0.05) is 5.56 Å². The molecule has 2 aromatic carbocycles. The van der Waals surface area contributed by atoms with Crippen LogP contribution in [-0.4, -0.2) is 18.6 Å². The van der Waals surface area contributed by atoms with Gasteiger partial charge < -0.3 is 4.42 Å². The summed E-state index contributed by atoms with van der Waals surface area (Å²) < 4.78 is 32.5. The Morgan fingerprint density at radius 2 is 1.84 bits per heavy atom. The van der Waals surface area contributed by atoms with Crippen molar-refractivity contribution in [3.63, 3.8) is 0 Å². The van der Waals surface area contributed by atoms with Gasteiger partial charge in [-0.2, -0.15) is 0 Å². The first-order valence-corrected chi connectivity index (χ1v) is 9.44. The van der Waals surface area contributed by atoms with Gasteiger partial charge in [0.05, 0.1) is 21.5 Å². The molecule has 0 unspecified atom stereocenters. The van der Waals surface area contributed by atoms with E-state index in [-0.39, 0.29) is 27.4 Å². The molecule has 0 spiro atoms. The Labute approximate surface area is 154 Å². The van der Waals surface area contributed by atoms with Crippen LogP contribution in [0.15, 0.2) is 51.8 Å². The van der Waals surface area contributed by atoms with E-state index in [2.05, 4.69) is 14.9 Å². The van der Waals surface area contributed by atoms with Crippen LogP contribution in [0, 0.1) is 6.92 Å². The number of hydrogen-bond acceptors (Lipinski definition) is 5. The Morgan fingerprint density at radius 1 is 1.08 bits per heavy atom.